The first-order chi connectivity index (χ1) is 13.7. The Morgan fingerprint density at radius 3 is 2.69 bits per heavy atom. The summed E-state index contributed by atoms with van der Waals surface area (Å²) in [6.45, 7) is 3.52. The number of nitrogens with zero attached hydrogens (tertiary/aromatic N) is 2. The van der Waals surface area contributed by atoms with Crippen molar-refractivity contribution < 1.29 is 19.3 Å². The maximum atomic E-state index is 14.4. The molecule has 2 aromatic rings. The van der Waals surface area contributed by atoms with E-state index < -0.39 is 18.5 Å². The maximum absolute atomic E-state index is 14.4. The van der Waals surface area contributed by atoms with Crippen molar-refractivity contribution in [3.63, 3.8) is 0 Å². The van der Waals surface area contributed by atoms with E-state index in [9.17, 15) is 14.3 Å². The molecule has 0 amide bonds. The first kappa shape index (κ1) is 21.3. The fourth-order valence-electron chi connectivity index (χ4n) is 3.03. The van der Waals surface area contributed by atoms with Crippen LogP contribution in [0.4, 0.5) is 21.6 Å². The summed E-state index contributed by atoms with van der Waals surface area (Å²) in [5.41, 5.74) is 1.38. The van der Waals surface area contributed by atoms with Crippen LogP contribution in [0, 0.1) is 9.39 Å². The first-order valence-electron chi connectivity index (χ1n) is 8.75. The van der Waals surface area contributed by atoms with E-state index >= 15 is 0 Å². The van der Waals surface area contributed by atoms with Crippen LogP contribution in [0.3, 0.4) is 0 Å². The molecule has 1 aliphatic heterocycles. The molecule has 1 atom stereocenters. The van der Waals surface area contributed by atoms with Crippen LogP contribution in [-0.2, 0) is 11.8 Å². The Balaban J connectivity index is 2.06. The summed E-state index contributed by atoms with van der Waals surface area (Å²) in [5, 5.41) is 21.6. The molecule has 0 saturated carbocycles. The Morgan fingerprint density at radius 1 is 1.31 bits per heavy atom. The second-order valence-corrected chi connectivity index (χ2v) is 7.88. The van der Waals surface area contributed by atoms with Gasteiger partial charge >= 0.3 is 0 Å². The van der Waals surface area contributed by atoms with Crippen LogP contribution in [0.15, 0.2) is 47.6 Å². The van der Waals surface area contributed by atoms with Crippen molar-refractivity contribution in [2.75, 3.05) is 30.5 Å². The number of pyridine rings is 1. The van der Waals surface area contributed by atoms with Gasteiger partial charge in [0.05, 0.1) is 18.0 Å². The van der Waals surface area contributed by atoms with Crippen molar-refractivity contribution in [1.82, 2.24) is 4.57 Å². The Morgan fingerprint density at radius 2 is 2.03 bits per heavy atom. The van der Waals surface area contributed by atoms with Crippen LogP contribution in [-0.4, -0.2) is 41.1 Å². The lowest BCUT2D eigenvalue weighted by molar-refractivity contribution is 0.0335. The third-order valence-corrected chi connectivity index (χ3v) is 5.17. The zero-order chi connectivity index (χ0) is 21.3. The molecule has 0 radical (unpaired) electrons. The van der Waals surface area contributed by atoms with Gasteiger partial charge in [-0.25, -0.2) is 4.39 Å². The molecule has 9 heteroatoms. The minimum absolute atomic E-state index is 0.120. The van der Waals surface area contributed by atoms with Gasteiger partial charge in [-0.1, -0.05) is 6.58 Å². The zero-order valence-corrected chi connectivity index (χ0v) is 18.1. The summed E-state index contributed by atoms with van der Waals surface area (Å²) in [6.07, 6.45) is 0.609. The number of halogens is 2. The van der Waals surface area contributed by atoms with Gasteiger partial charge in [-0.3, -0.25) is 9.36 Å². The molecule has 0 spiro atoms. The highest BCUT2D eigenvalue weighted by molar-refractivity contribution is 14.1. The van der Waals surface area contributed by atoms with Crippen LogP contribution >= 0.6 is 22.6 Å². The number of benzene rings is 1. The number of rotatable bonds is 6. The number of hydrogen-bond donors (Lipinski definition) is 3. The number of aliphatic hydroxyl groups excluding tert-OH is 2. The summed E-state index contributed by atoms with van der Waals surface area (Å²) >= 11 is 2.02. The first-order valence-corrected chi connectivity index (χ1v) is 9.83. The quantitative estimate of drug-likeness (QED) is 0.515. The van der Waals surface area contributed by atoms with Crippen molar-refractivity contribution >= 4 is 45.4 Å². The molecule has 0 saturated heterocycles. The number of hydrogen-bond acceptors (Lipinski definition) is 6. The van der Waals surface area contributed by atoms with Crippen LogP contribution in [0.25, 0.3) is 5.57 Å². The van der Waals surface area contributed by atoms with E-state index in [1.807, 2.05) is 22.6 Å². The average Bonchev–Trinajstić information content (AvgIpc) is 2.67. The fraction of sp³-hybridized carbons (Fsp3) is 0.250. The van der Waals surface area contributed by atoms with Gasteiger partial charge in [0.1, 0.15) is 30.1 Å². The molecule has 1 aromatic carbocycles. The van der Waals surface area contributed by atoms with E-state index in [4.69, 9.17) is 9.84 Å². The van der Waals surface area contributed by atoms with Gasteiger partial charge in [0, 0.05) is 41.1 Å². The second kappa shape index (κ2) is 8.56. The normalized spacial score (nSPS) is 14.3. The number of anilines is 3. The van der Waals surface area contributed by atoms with E-state index in [0.717, 1.165) is 3.57 Å². The smallest absolute Gasteiger partial charge is 0.253 e. The lowest BCUT2D eigenvalue weighted by Crippen LogP contribution is -2.29. The second-order valence-electron chi connectivity index (χ2n) is 6.63. The SMILES string of the molecule is C=C1C(OC[C@H](O)CO)=CN(C)c2c1c(Nc1ccc(I)cc1F)cc(=O)n2C. The molecule has 3 rings (SSSR count). The fourth-order valence-corrected chi connectivity index (χ4v) is 3.48. The zero-order valence-electron chi connectivity index (χ0n) is 15.9. The molecular weight excluding hydrogens is 492 g/mol. The summed E-state index contributed by atoms with van der Waals surface area (Å²) in [7, 11) is 3.38. The van der Waals surface area contributed by atoms with Crippen molar-refractivity contribution in [2.45, 2.75) is 6.10 Å². The van der Waals surface area contributed by atoms with E-state index in [1.54, 1.807) is 37.3 Å². The van der Waals surface area contributed by atoms with Crippen molar-refractivity contribution in [3.05, 3.63) is 68.1 Å². The third kappa shape index (κ3) is 4.31. The monoisotopic (exact) mass is 513 g/mol. The van der Waals surface area contributed by atoms with Gasteiger partial charge in [-0.15, -0.1) is 0 Å². The van der Waals surface area contributed by atoms with E-state index in [2.05, 4.69) is 11.9 Å². The Kier molecular flexibility index (Phi) is 6.30. The minimum Gasteiger partial charge on any atom is -0.489 e. The minimum atomic E-state index is -1.03. The summed E-state index contributed by atoms with van der Waals surface area (Å²) < 4.78 is 22.2. The molecule has 0 aliphatic carbocycles. The molecule has 0 fully saturated rings. The highest BCUT2D eigenvalue weighted by Gasteiger charge is 2.27. The van der Waals surface area contributed by atoms with Crippen LogP contribution in [0.2, 0.25) is 0 Å². The summed E-state index contributed by atoms with van der Waals surface area (Å²) in [5.74, 6) is 0.488. The summed E-state index contributed by atoms with van der Waals surface area (Å²) in [6, 6.07) is 6.12. The molecule has 0 bridgehead atoms. The van der Waals surface area contributed by atoms with Gasteiger partial charge in [-0.05, 0) is 40.8 Å². The molecule has 3 N–H and O–H groups in total. The number of ether oxygens (including phenoxy) is 1. The van der Waals surface area contributed by atoms with Gasteiger partial charge in [0.15, 0.2) is 0 Å². The molecule has 2 heterocycles. The largest absolute Gasteiger partial charge is 0.489 e. The predicted molar refractivity (Wildman–Crippen MR) is 119 cm³/mol. The molecule has 7 nitrogen and oxygen atoms in total. The summed E-state index contributed by atoms with van der Waals surface area (Å²) in [4.78, 5) is 14.2. The van der Waals surface area contributed by atoms with Crippen LogP contribution < -0.4 is 15.8 Å². The van der Waals surface area contributed by atoms with Crippen LogP contribution in [0.5, 0.6) is 0 Å². The molecule has 1 aromatic heterocycles. The topological polar surface area (TPSA) is 87.0 Å². The number of nitrogens with one attached hydrogen (secondary N) is 1. The number of allylic oxidation sites excluding steroid dienone is 1. The lowest BCUT2D eigenvalue weighted by Gasteiger charge is -2.31. The Bertz CT molecular complexity index is 1050. The molecule has 29 heavy (non-hydrogen) atoms. The predicted octanol–water partition coefficient (Wildman–Crippen LogP) is 2.55. The van der Waals surface area contributed by atoms with Crippen molar-refractivity contribution in [2.24, 2.45) is 7.05 Å². The Labute approximate surface area is 180 Å². The van der Waals surface area contributed by atoms with E-state index in [-0.39, 0.29) is 17.9 Å². The number of fused-ring (bicyclic) bond motifs is 1. The van der Waals surface area contributed by atoms with E-state index in [1.165, 1.54) is 16.7 Å². The molecular formula is C20H21FIN3O4. The van der Waals surface area contributed by atoms with Gasteiger partial charge in [0.2, 0.25) is 0 Å². The van der Waals surface area contributed by atoms with Crippen molar-refractivity contribution in [3.8, 4) is 0 Å². The van der Waals surface area contributed by atoms with Gasteiger partial charge in [0.25, 0.3) is 5.56 Å². The van der Waals surface area contributed by atoms with Crippen molar-refractivity contribution in [1.29, 1.82) is 0 Å². The molecule has 0 unspecified atom stereocenters. The highest BCUT2D eigenvalue weighted by atomic mass is 127. The van der Waals surface area contributed by atoms with Gasteiger partial charge < -0.3 is 25.2 Å². The molecule has 154 valence electrons. The maximum Gasteiger partial charge on any atom is 0.253 e. The lowest BCUT2D eigenvalue weighted by atomic mass is 10.0. The standard InChI is InChI=1S/C20H21FIN3O4/c1-11-17(29-10-13(27)9-26)8-24(2)20-19(11)16(7-18(28)25(20)3)23-15-5-4-12(22)6-14(15)21/h4-8,13,23,26-27H,1,9-10H2,2-3H3/t13-/m1/s1. The number of aromatic nitrogens is 1. The highest BCUT2D eigenvalue weighted by Crippen LogP contribution is 2.40. The van der Waals surface area contributed by atoms with Crippen LogP contribution in [0.1, 0.15) is 5.56 Å². The molecule has 1 aliphatic rings. The number of aliphatic hydroxyl groups is 2. The van der Waals surface area contributed by atoms with Gasteiger partial charge in [-0.2, -0.15) is 0 Å². The van der Waals surface area contributed by atoms with E-state index in [0.29, 0.717) is 28.4 Å². The Hall–Kier alpha value is -2.37. The average molecular weight is 513 g/mol. The third-order valence-electron chi connectivity index (χ3n) is 4.50.